The van der Waals surface area contributed by atoms with Crippen LogP contribution in [-0.2, 0) is 12.8 Å². The van der Waals surface area contributed by atoms with Gasteiger partial charge in [-0.25, -0.2) is 9.67 Å². The third-order valence-electron chi connectivity index (χ3n) is 9.10. The van der Waals surface area contributed by atoms with Crippen molar-refractivity contribution in [3.8, 4) is 34.1 Å². The number of pyridine rings is 1. The number of fused-ring (bicyclic) bond motifs is 3. The molecule has 47 heavy (non-hydrogen) atoms. The molecule has 0 aliphatic carbocycles. The van der Waals surface area contributed by atoms with Gasteiger partial charge in [-0.15, -0.1) is 0 Å². The summed E-state index contributed by atoms with van der Waals surface area (Å²) in [5.41, 5.74) is 10.3. The summed E-state index contributed by atoms with van der Waals surface area (Å²) in [7, 11) is 0. The van der Waals surface area contributed by atoms with Gasteiger partial charge in [0.25, 0.3) is 0 Å². The summed E-state index contributed by atoms with van der Waals surface area (Å²) in [5.74, 6) is 2.49. The molecular formula is C42H42N4O. The fourth-order valence-corrected chi connectivity index (χ4v) is 6.85. The average molecular weight is 619 g/mol. The molecule has 5 nitrogen and oxygen atoms in total. The van der Waals surface area contributed by atoms with Crippen LogP contribution in [0.3, 0.4) is 0 Å². The second-order valence-corrected chi connectivity index (χ2v) is 12.5. The first-order valence-corrected chi connectivity index (χ1v) is 17.0. The lowest BCUT2D eigenvalue weighted by Crippen LogP contribution is -2.00. The van der Waals surface area contributed by atoms with E-state index in [1.165, 1.54) is 52.3 Å². The van der Waals surface area contributed by atoms with Gasteiger partial charge in [-0.3, -0.25) is 4.57 Å². The second-order valence-electron chi connectivity index (χ2n) is 12.5. The van der Waals surface area contributed by atoms with Crippen LogP contribution < -0.4 is 4.74 Å². The van der Waals surface area contributed by atoms with Gasteiger partial charge in [0, 0.05) is 40.4 Å². The second kappa shape index (κ2) is 13.3. The molecule has 0 amide bonds. The van der Waals surface area contributed by atoms with Crippen LogP contribution in [0.15, 0.2) is 109 Å². The van der Waals surface area contributed by atoms with E-state index in [1.807, 2.05) is 29.1 Å². The molecule has 0 N–H and O–H groups in total. The largest absolute Gasteiger partial charge is 0.457 e. The van der Waals surface area contributed by atoms with E-state index in [-0.39, 0.29) is 0 Å². The Morgan fingerprint density at radius 2 is 1.49 bits per heavy atom. The van der Waals surface area contributed by atoms with Crippen LogP contribution in [-0.4, -0.2) is 19.3 Å². The Bertz CT molecular complexity index is 2170. The number of rotatable bonds is 11. The van der Waals surface area contributed by atoms with Crippen molar-refractivity contribution < 1.29 is 4.74 Å². The molecule has 0 saturated heterocycles. The number of hydrogen-bond donors (Lipinski definition) is 0. The Kier molecular flexibility index (Phi) is 8.62. The minimum absolute atomic E-state index is 0.764. The van der Waals surface area contributed by atoms with Crippen LogP contribution in [0, 0.1) is 13.8 Å². The third kappa shape index (κ3) is 6.06. The van der Waals surface area contributed by atoms with Crippen LogP contribution in [0.1, 0.15) is 62.0 Å². The van der Waals surface area contributed by atoms with E-state index >= 15 is 0 Å². The highest BCUT2D eigenvalue weighted by molar-refractivity contribution is 6.09. The molecule has 0 spiro atoms. The minimum atomic E-state index is 0.764. The zero-order chi connectivity index (χ0) is 32.3. The maximum atomic E-state index is 6.57. The highest BCUT2D eigenvalue weighted by atomic mass is 16.5. The Morgan fingerprint density at radius 3 is 2.32 bits per heavy atom. The van der Waals surface area contributed by atoms with E-state index < -0.39 is 0 Å². The van der Waals surface area contributed by atoms with E-state index in [4.69, 9.17) is 14.8 Å². The molecule has 0 unspecified atom stereocenters. The van der Waals surface area contributed by atoms with Crippen LogP contribution in [0.25, 0.3) is 44.4 Å². The number of hydrogen-bond acceptors (Lipinski definition) is 3. The molecule has 7 rings (SSSR count). The van der Waals surface area contributed by atoms with Crippen LogP contribution >= 0.6 is 0 Å². The van der Waals surface area contributed by atoms with E-state index in [0.29, 0.717) is 0 Å². The standard InChI is InChI=1S/C42H42N4O/c1-5-7-9-14-32-23-24-43-41(26-32)45-39-22-19-31(13-6-2)25-38(39)37-21-20-36(28-40(37)45)47-35-18-12-17-34(27-35)46-30(4)42(29(3)44-46)33-15-10-8-11-16-33/h8,10-12,15-28H,5-7,9,13-14H2,1-4H3. The van der Waals surface area contributed by atoms with Crippen molar-refractivity contribution in [1.82, 2.24) is 19.3 Å². The summed E-state index contributed by atoms with van der Waals surface area (Å²) < 4.78 is 10.9. The molecule has 0 atom stereocenters. The molecule has 3 heterocycles. The van der Waals surface area contributed by atoms with Crippen molar-refractivity contribution in [2.75, 3.05) is 0 Å². The number of nitrogens with zero attached hydrogens (tertiary/aromatic N) is 4. The monoisotopic (exact) mass is 618 g/mol. The van der Waals surface area contributed by atoms with Crippen molar-refractivity contribution in [3.05, 3.63) is 132 Å². The lowest BCUT2D eigenvalue weighted by atomic mass is 10.0. The molecule has 0 radical (unpaired) electrons. The normalized spacial score (nSPS) is 11.5. The van der Waals surface area contributed by atoms with Gasteiger partial charge in [-0.05, 0) is 98.3 Å². The number of aromatic nitrogens is 4. The number of aryl methyl sites for hydroxylation is 3. The fourth-order valence-electron chi connectivity index (χ4n) is 6.85. The van der Waals surface area contributed by atoms with Crippen molar-refractivity contribution in [3.63, 3.8) is 0 Å². The van der Waals surface area contributed by atoms with Gasteiger partial charge in [0.1, 0.15) is 17.3 Å². The van der Waals surface area contributed by atoms with Gasteiger partial charge in [0.05, 0.1) is 22.4 Å². The Hall–Kier alpha value is -5.16. The molecule has 5 heteroatoms. The minimum Gasteiger partial charge on any atom is -0.457 e. The van der Waals surface area contributed by atoms with Crippen molar-refractivity contribution in [1.29, 1.82) is 0 Å². The van der Waals surface area contributed by atoms with E-state index in [1.54, 1.807) is 0 Å². The van der Waals surface area contributed by atoms with Crippen LogP contribution in [0.4, 0.5) is 0 Å². The number of ether oxygens (including phenoxy) is 1. The summed E-state index contributed by atoms with van der Waals surface area (Å²) in [5, 5.41) is 7.37. The first-order valence-electron chi connectivity index (χ1n) is 17.0. The van der Waals surface area contributed by atoms with Crippen LogP contribution in [0.2, 0.25) is 0 Å². The lowest BCUT2D eigenvalue weighted by molar-refractivity contribution is 0.482. The Morgan fingerprint density at radius 1 is 0.660 bits per heavy atom. The Labute approximate surface area is 277 Å². The van der Waals surface area contributed by atoms with Gasteiger partial charge in [0.2, 0.25) is 0 Å². The summed E-state index contributed by atoms with van der Waals surface area (Å²) >= 11 is 0. The molecule has 236 valence electrons. The number of benzene rings is 4. The van der Waals surface area contributed by atoms with Crippen LogP contribution in [0.5, 0.6) is 11.5 Å². The highest BCUT2D eigenvalue weighted by Gasteiger charge is 2.17. The Balaban J connectivity index is 1.28. The van der Waals surface area contributed by atoms with Crippen molar-refractivity contribution in [2.45, 2.75) is 66.2 Å². The van der Waals surface area contributed by atoms with Crippen molar-refractivity contribution >= 4 is 21.8 Å². The molecule has 0 saturated carbocycles. The molecular weight excluding hydrogens is 576 g/mol. The summed E-state index contributed by atoms with van der Waals surface area (Å²) in [6.07, 6.45) is 8.84. The first kappa shape index (κ1) is 30.5. The third-order valence-corrected chi connectivity index (χ3v) is 9.10. The highest BCUT2D eigenvalue weighted by Crippen LogP contribution is 2.36. The smallest absolute Gasteiger partial charge is 0.137 e. The number of unbranched alkanes of at least 4 members (excludes halogenated alkanes) is 2. The predicted molar refractivity (Wildman–Crippen MR) is 194 cm³/mol. The maximum Gasteiger partial charge on any atom is 0.137 e. The quantitative estimate of drug-likeness (QED) is 0.136. The summed E-state index contributed by atoms with van der Waals surface area (Å²) in [6.45, 7) is 8.68. The average Bonchev–Trinajstić information content (AvgIpc) is 3.57. The van der Waals surface area contributed by atoms with E-state index in [9.17, 15) is 0 Å². The fraction of sp³-hybridized carbons (Fsp3) is 0.238. The van der Waals surface area contributed by atoms with Gasteiger partial charge in [0.15, 0.2) is 0 Å². The summed E-state index contributed by atoms with van der Waals surface area (Å²) in [4.78, 5) is 4.88. The van der Waals surface area contributed by atoms with E-state index in [2.05, 4.69) is 117 Å². The molecule has 0 aliphatic heterocycles. The molecule has 0 fully saturated rings. The molecule has 3 aromatic heterocycles. The predicted octanol–water partition coefficient (Wildman–Crippen LogP) is 11.1. The van der Waals surface area contributed by atoms with Gasteiger partial charge >= 0.3 is 0 Å². The zero-order valence-electron chi connectivity index (χ0n) is 27.8. The van der Waals surface area contributed by atoms with Gasteiger partial charge < -0.3 is 4.74 Å². The first-order chi connectivity index (χ1) is 23.0. The summed E-state index contributed by atoms with van der Waals surface area (Å²) in [6, 6.07) is 36.3. The van der Waals surface area contributed by atoms with Gasteiger partial charge in [-0.2, -0.15) is 5.10 Å². The molecule has 4 aromatic carbocycles. The zero-order valence-corrected chi connectivity index (χ0v) is 27.8. The SMILES string of the molecule is CCCCCc1ccnc(-n2c3ccc(CCC)cc3c3ccc(Oc4cccc(-n5nc(C)c(-c6ccccc6)c5C)c4)cc32)c1. The maximum absolute atomic E-state index is 6.57. The van der Waals surface area contributed by atoms with E-state index in [0.717, 1.165) is 64.7 Å². The molecule has 7 aromatic rings. The molecule has 0 bridgehead atoms. The van der Waals surface area contributed by atoms with Crippen molar-refractivity contribution in [2.24, 2.45) is 0 Å². The topological polar surface area (TPSA) is 44.9 Å². The lowest BCUT2D eigenvalue weighted by Gasteiger charge is -2.11. The molecule has 0 aliphatic rings. The van der Waals surface area contributed by atoms with Gasteiger partial charge in [-0.1, -0.05) is 75.6 Å².